The van der Waals surface area contributed by atoms with E-state index in [1.165, 1.54) is 0 Å². The fourth-order valence-corrected chi connectivity index (χ4v) is 1.96. The number of hydrogen-bond donors (Lipinski definition) is 1. The summed E-state index contributed by atoms with van der Waals surface area (Å²) >= 11 is 0. The van der Waals surface area contributed by atoms with Gasteiger partial charge in [0.05, 0.1) is 13.2 Å². The van der Waals surface area contributed by atoms with Crippen LogP contribution in [0.3, 0.4) is 0 Å². The van der Waals surface area contributed by atoms with Gasteiger partial charge in [0.15, 0.2) is 5.82 Å². The molecule has 3 rings (SSSR count). The van der Waals surface area contributed by atoms with Crippen molar-refractivity contribution in [3.63, 3.8) is 0 Å². The highest BCUT2D eigenvalue weighted by Gasteiger charge is 2.42. The highest BCUT2D eigenvalue weighted by atomic mass is 16.7. The molecule has 0 bridgehead atoms. The Balaban J connectivity index is 2.11. The number of ether oxygens (including phenoxy) is 2. The van der Waals surface area contributed by atoms with Crippen LogP contribution in [-0.2, 0) is 15.3 Å². The van der Waals surface area contributed by atoms with E-state index in [-0.39, 0.29) is 0 Å². The molecule has 0 aliphatic carbocycles. The van der Waals surface area contributed by atoms with Crippen molar-refractivity contribution in [2.24, 2.45) is 0 Å². The molecule has 2 heterocycles. The van der Waals surface area contributed by atoms with Gasteiger partial charge in [-0.2, -0.15) is 0 Å². The molecule has 1 aromatic heterocycles. The Labute approximate surface area is 93.2 Å². The van der Waals surface area contributed by atoms with E-state index in [4.69, 9.17) is 9.47 Å². The molecule has 1 fully saturated rings. The van der Waals surface area contributed by atoms with Crippen LogP contribution in [0.5, 0.6) is 0 Å². The van der Waals surface area contributed by atoms with Crippen LogP contribution in [0.15, 0.2) is 42.7 Å². The maximum absolute atomic E-state index is 5.76. The minimum atomic E-state index is -0.856. The Morgan fingerprint density at radius 1 is 1.12 bits per heavy atom. The molecule has 0 radical (unpaired) electrons. The van der Waals surface area contributed by atoms with Crippen molar-refractivity contribution in [3.8, 4) is 0 Å². The number of rotatable bonds is 2. The molecule has 1 aromatic carbocycles. The molecular weight excluding hydrogens is 204 g/mol. The van der Waals surface area contributed by atoms with Crippen LogP contribution in [0.4, 0.5) is 0 Å². The topological polar surface area (TPSA) is 47.1 Å². The minimum absolute atomic E-state index is 0.579. The van der Waals surface area contributed by atoms with Gasteiger partial charge in [-0.25, -0.2) is 4.98 Å². The van der Waals surface area contributed by atoms with Crippen molar-refractivity contribution >= 4 is 0 Å². The molecule has 1 aliphatic rings. The standard InChI is InChI=1S/C12H12N2O2/c1-2-4-10(5-3-1)12(15-8-9-16-12)11-13-6-7-14-11/h1-7H,8-9H2,(H,13,14). The van der Waals surface area contributed by atoms with Gasteiger partial charge in [0.1, 0.15) is 0 Å². The first kappa shape index (κ1) is 9.57. The number of aromatic nitrogens is 2. The van der Waals surface area contributed by atoms with Crippen LogP contribution in [-0.4, -0.2) is 23.2 Å². The predicted octanol–water partition coefficient (Wildman–Crippen LogP) is 1.66. The first-order valence-electron chi connectivity index (χ1n) is 5.25. The number of nitrogens with zero attached hydrogens (tertiary/aromatic N) is 1. The van der Waals surface area contributed by atoms with Gasteiger partial charge in [-0.1, -0.05) is 30.3 Å². The van der Waals surface area contributed by atoms with E-state index in [9.17, 15) is 0 Å². The Morgan fingerprint density at radius 2 is 1.88 bits per heavy atom. The predicted molar refractivity (Wildman–Crippen MR) is 57.7 cm³/mol. The van der Waals surface area contributed by atoms with Gasteiger partial charge in [0.2, 0.25) is 0 Å². The molecule has 2 aromatic rings. The fraction of sp³-hybridized carbons (Fsp3) is 0.250. The normalized spacial score (nSPS) is 18.8. The second kappa shape index (κ2) is 3.73. The summed E-state index contributed by atoms with van der Waals surface area (Å²) < 4.78 is 11.5. The zero-order chi connectivity index (χ0) is 10.8. The molecule has 4 heteroatoms. The van der Waals surface area contributed by atoms with Crippen LogP contribution in [0.1, 0.15) is 11.4 Å². The lowest BCUT2D eigenvalue weighted by molar-refractivity contribution is -0.135. The van der Waals surface area contributed by atoms with Crippen LogP contribution >= 0.6 is 0 Å². The maximum atomic E-state index is 5.76. The van der Waals surface area contributed by atoms with Gasteiger partial charge >= 0.3 is 0 Å². The smallest absolute Gasteiger partial charge is 0.256 e. The third-order valence-corrected chi connectivity index (χ3v) is 2.66. The molecule has 0 saturated carbocycles. The molecule has 0 atom stereocenters. The summed E-state index contributed by atoms with van der Waals surface area (Å²) in [4.78, 5) is 7.30. The Kier molecular flexibility index (Phi) is 2.23. The van der Waals surface area contributed by atoms with Crippen LogP contribution in [0.25, 0.3) is 0 Å². The van der Waals surface area contributed by atoms with Crippen molar-refractivity contribution in [2.75, 3.05) is 13.2 Å². The van der Waals surface area contributed by atoms with Gasteiger partial charge in [-0.3, -0.25) is 0 Å². The van der Waals surface area contributed by atoms with E-state index in [2.05, 4.69) is 9.97 Å². The average molecular weight is 216 g/mol. The van der Waals surface area contributed by atoms with E-state index < -0.39 is 5.79 Å². The average Bonchev–Trinajstić information content (AvgIpc) is 3.02. The number of aromatic amines is 1. The molecule has 1 N–H and O–H groups in total. The van der Waals surface area contributed by atoms with E-state index in [0.717, 1.165) is 5.56 Å². The summed E-state index contributed by atoms with van der Waals surface area (Å²) in [5, 5.41) is 0. The molecule has 16 heavy (non-hydrogen) atoms. The molecule has 1 aliphatic heterocycles. The van der Waals surface area contributed by atoms with Crippen molar-refractivity contribution < 1.29 is 9.47 Å². The summed E-state index contributed by atoms with van der Waals surface area (Å²) in [6.45, 7) is 1.16. The highest BCUT2D eigenvalue weighted by molar-refractivity contribution is 5.27. The molecule has 0 amide bonds. The Bertz CT molecular complexity index is 447. The zero-order valence-corrected chi connectivity index (χ0v) is 8.72. The summed E-state index contributed by atoms with van der Waals surface area (Å²) in [7, 11) is 0. The number of H-pyrrole nitrogens is 1. The number of benzene rings is 1. The molecule has 0 unspecified atom stereocenters. The lowest BCUT2D eigenvalue weighted by atomic mass is 10.1. The zero-order valence-electron chi connectivity index (χ0n) is 8.72. The largest absolute Gasteiger partial charge is 0.344 e. The van der Waals surface area contributed by atoms with Crippen molar-refractivity contribution in [2.45, 2.75) is 5.79 Å². The van der Waals surface area contributed by atoms with Crippen LogP contribution < -0.4 is 0 Å². The van der Waals surface area contributed by atoms with Crippen molar-refractivity contribution in [1.29, 1.82) is 0 Å². The summed E-state index contributed by atoms with van der Waals surface area (Å²) in [6, 6.07) is 9.85. The second-order valence-electron chi connectivity index (χ2n) is 3.62. The maximum Gasteiger partial charge on any atom is 0.256 e. The minimum Gasteiger partial charge on any atom is -0.344 e. The third-order valence-electron chi connectivity index (χ3n) is 2.66. The van der Waals surface area contributed by atoms with Gasteiger partial charge in [0, 0.05) is 18.0 Å². The molecular formula is C12H12N2O2. The monoisotopic (exact) mass is 216 g/mol. The summed E-state index contributed by atoms with van der Waals surface area (Å²) in [6.07, 6.45) is 3.47. The van der Waals surface area contributed by atoms with Gasteiger partial charge < -0.3 is 14.5 Å². The lowest BCUT2D eigenvalue weighted by Crippen LogP contribution is -2.30. The van der Waals surface area contributed by atoms with E-state index in [1.54, 1.807) is 12.4 Å². The Hall–Kier alpha value is -1.65. The van der Waals surface area contributed by atoms with Crippen LogP contribution in [0, 0.1) is 0 Å². The molecule has 82 valence electrons. The summed E-state index contributed by atoms with van der Waals surface area (Å²) in [5.74, 6) is -0.165. The fourth-order valence-electron chi connectivity index (χ4n) is 1.96. The number of imidazole rings is 1. The first-order valence-corrected chi connectivity index (χ1v) is 5.25. The van der Waals surface area contributed by atoms with Crippen molar-refractivity contribution in [3.05, 3.63) is 54.1 Å². The van der Waals surface area contributed by atoms with Gasteiger partial charge in [0.25, 0.3) is 5.79 Å². The molecule has 4 nitrogen and oxygen atoms in total. The van der Waals surface area contributed by atoms with Crippen molar-refractivity contribution in [1.82, 2.24) is 9.97 Å². The second-order valence-corrected chi connectivity index (χ2v) is 3.62. The third kappa shape index (κ3) is 1.35. The van der Waals surface area contributed by atoms with E-state index in [1.807, 2.05) is 30.3 Å². The van der Waals surface area contributed by atoms with Gasteiger partial charge in [-0.05, 0) is 0 Å². The quantitative estimate of drug-likeness (QED) is 0.830. The summed E-state index contributed by atoms with van der Waals surface area (Å²) in [5.41, 5.74) is 0.961. The van der Waals surface area contributed by atoms with Crippen LogP contribution in [0.2, 0.25) is 0 Å². The van der Waals surface area contributed by atoms with E-state index >= 15 is 0 Å². The van der Waals surface area contributed by atoms with Gasteiger partial charge in [-0.15, -0.1) is 0 Å². The highest BCUT2D eigenvalue weighted by Crippen LogP contribution is 2.35. The number of hydrogen-bond acceptors (Lipinski definition) is 3. The lowest BCUT2D eigenvalue weighted by Gasteiger charge is -2.25. The SMILES string of the molecule is c1ccc(C2(c3ncc[nH]3)OCCO2)cc1. The van der Waals surface area contributed by atoms with E-state index in [0.29, 0.717) is 19.0 Å². The number of nitrogens with one attached hydrogen (secondary N) is 1. The molecule has 0 spiro atoms. The Morgan fingerprint density at radius 3 is 2.50 bits per heavy atom. The molecule has 1 saturated heterocycles. The first-order chi connectivity index (χ1) is 7.92.